The molecule has 15 heavy (non-hydrogen) atoms. The number of hydrogen-bond donors (Lipinski definition) is 0. The van der Waals surface area contributed by atoms with E-state index in [1.807, 2.05) is 23.0 Å². The summed E-state index contributed by atoms with van der Waals surface area (Å²) >= 11 is 0. The standard InChI is InChI=1S/C10H10N4O/c1-2-11-10-8-5-12-14(10)7(1)9-6-13(8)3-4-15-9/h1-2,5,9H,3-4,6H2. The Morgan fingerprint density at radius 2 is 2.47 bits per heavy atom. The summed E-state index contributed by atoms with van der Waals surface area (Å²) in [5, 5.41) is 4.36. The molecule has 5 heteroatoms. The largest absolute Gasteiger partial charge is 0.368 e. The summed E-state index contributed by atoms with van der Waals surface area (Å²) in [6.45, 7) is 2.62. The highest BCUT2D eigenvalue weighted by atomic mass is 16.5. The van der Waals surface area contributed by atoms with Crippen LogP contribution in [0, 0.1) is 0 Å². The van der Waals surface area contributed by atoms with Gasteiger partial charge in [-0.15, -0.1) is 0 Å². The van der Waals surface area contributed by atoms with Gasteiger partial charge in [-0.1, -0.05) is 0 Å². The maximum atomic E-state index is 5.75. The number of hydrogen-bond acceptors (Lipinski definition) is 4. The number of nitrogens with zero attached hydrogens (tertiary/aromatic N) is 4. The maximum Gasteiger partial charge on any atom is 0.179 e. The van der Waals surface area contributed by atoms with Gasteiger partial charge < -0.3 is 9.64 Å². The second-order valence-electron chi connectivity index (χ2n) is 3.94. The molecule has 2 aromatic heterocycles. The van der Waals surface area contributed by atoms with Crippen LogP contribution in [0.4, 0.5) is 5.69 Å². The molecule has 0 N–H and O–H groups in total. The molecule has 0 spiro atoms. The van der Waals surface area contributed by atoms with Crippen molar-refractivity contribution in [3.05, 3.63) is 24.2 Å². The highest BCUT2D eigenvalue weighted by molar-refractivity contribution is 5.69. The molecule has 4 rings (SSSR count). The molecule has 6 bridgehead atoms. The van der Waals surface area contributed by atoms with Gasteiger partial charge in [0.1, 0.15) is 11.8 Å². The first kappa shape index (κ1) is 7.64. The number of morpholine rings is 1. The first-order valence-corrected chi connectivity index (χ1v) is 5.13. The fraction of sp³-hybridized carbons (Fsp3) is 0.400. The SMILES string of the molecule is c1cc2n3ncc(c3n1)N1CCOC2C1. The summed E-state index contributed by atoms with van der Waals surface area (Å²) in [5.74, 6) is 0. The van der Waals surface area contributed by atoms with Crippen molar-refractivity contribution in [3.63, 3.8) is 0 Å². The van der Waals surface area contributed by atoms with E-state index >= 15 is 0 Å². The van der Waals surface area contributed by atoms with Gasteiger partial charge in [0.25, 0.3) is 0 Å². The Morgan fingerprint density at radius 3 is 3.47 bits per heavy atom. The van der Waals surface area contributed by atoms with E-state index in [4.69, 9.17) is 4.74 Å². The Hall–Kier alpha value is -1.62. The Morgan fingerprint density at radius 1 is 1.47 bits per heavy atom. The van der Waals surface area contributed by atoms with Crippen LogP contribution >= 0.6 is 0 Å². The van der Waals surface area contributed by atoms with Gasteiger partial charge in [0.2, 0.25) is 0 Å². The lowest BCUT2D eigenvalue weighted by molar-refractivity contribution is 0.0363. The monoisotopic (exact) mass is 202 g/mol. The second kappa shape index (κ2) is 2.49. The average molecular weight is 202 g/mol. The summed E-state index contributed by atoms with van der Waals surface area (Å²) in [4.78, 5) is 6.68. The third-order valence-corrected chi connectivity index (χ3v) is 3.15. The van der Waals surface area contributed by atoms with Crippen molar-refractivity contribution in [2.45, 2.75) is 6.10 Å². The molecular formula is C10H10N4O. The Labute approximate surface area is 86.3 Å². The molecule has 0 amide bonds. The van der Waals surface area contributed by atoms with Crippen LogP contribution in [-0.2, 0) is 4.74 Å². The lowest BCUT2D eigenvalue weighted by Gasteiger charge is -2.31. The quantitative estimate of drug-likeness (QED) is 0.628. The smallest absolute Gasteiger partial charge is 0.179 e. The first-order chi connectivity index (χ1) is 7.43. The third kappa shape index (κ3) is 0.860. The molecular weight excluding hydrogens is 192 g/mol. The van der Waals surface area contributed by atoms with Crippen LogP contribution in [0.3, 0.4) is 0 Å². The van der Waals surface area contributed by atoms with Gasteiger partial charge in [-0.3, -0.25) is 0 Å². The molecule has 0 aromatic carbocycles. The Balaban J connectivity index is 2.13. The number of ether oxygens (including phenoxy) is 1. The highest BCUT2D eigenvalue weighted by Gasteiger charge is 2.30. The van der Waals surface area contributed by atoms with Gasteiger partial charge in [0.05, 0.1) is 25.0 Å². The van der Waals surface area contributed by atoms with Crippen LogP contribution in [0.2, 0.25) is 0 Å². The molecule has 1 saturated heterocycles. The Kier molecular flexibility index (Phi) is 1.27. The zero-order valence-corrected chi connectivity index (χ0v) is 8.13. The van der Waals surface area contributed by atoms with Crippen LogP contribution in [0.25, 0.3) is 5.65 Å². The minimum atomic E-state index is 0.135. The van der Waals surface area contributed by atoms with E-state index in [0.29, 0.717) is 0 Å². The van der Waals surface area contributed by atoms with Crippen LogP contribution in [0.5, 0.6) is 0 Å². The number of fused-ring (bicyclic) bond motifs is 4. The van der Waals surface area contributed by atoms with Gasteiger partial charge in [0.15, 0.2) is 5.65 Å². The van der Waals surface area contributed by atoms with Crippen molar-refractivity contribution in [1.82, 2.24) is 14.6 Å². The average Bonchev–Trinajstić information content (AvgIpc) is 2.70. The van der Waals surface area contributed by atoms with Gasteiger partial charge in [0, 0.05) is 12.7 Å². The molecule has 4 heterocycles. The summed E-state index contributed by atoms with van der Waals surface area (Å²) in [6.07, 6.45) is 3.87. The minimum Gasteiger partial charge on any atom is -0.368 e. The summed E-state index contributed by atoms with van der Waals surface area (Å²) < 4.78 is 7.65. The molecule has 2 aromatic rings. The van der Waals surface area contributed by atoms with E-state index in [9.17, 15) is 0 Å². The van der Waals surface area contributed by atoms with Crippen molar-refractivity contribution in [1.29, 1.82) is 0 Å². The lowest BCUT2D eigenvalue weighted by atomic mass is 10.2. The summed E-state index contributed by atoms with van der Waals surface area (Å²) in [7, 11) is 0. The third-order valence-electron chi connectivity index (χ3n) is 3.15. The first-order valence-electron chi connectivity index (χ1n) is 5.13. The van der Waals surface area contributed by atoms with E-state index in [2.05, 4.69) is 15.0 Å². The minimum absolute atomic E-state index is 0.135. The normalized spacial score (nSPS) is 23.5. The van der Waals surface area contributed by atoms with E-state index in [1.165, 1.54) is 0 Å². The van der Waals surface area contributed by atoms with Crippen LogP contribution in [0.1, 0.15) is 11.8 Å². The summed E-state index contributed by atoms with van der Waals surface area (Å²) in [5.41, 5.74) is 3.18. The zero-order valence-electron chi connectivity index (χ0n) is 8.13. The van der Waals surface area contributed by atoms with Crippen LogP contribution < -0.4 is 4.90 Å². The van der Waals surface area contributed by atoms with Gasteiger partial charge in [-0.2, -0.15) is 5.10 Å². The van der Waals surface area contributed by atoms with Crippen molar-refractivity contribution in [3.8, 4) is 0 Å². The second-order valence-corrected chi connectivity index (χ2v) is 3.94. The number of aromatic nitrogens is 3. The molecule has 1 unspecified atom stereocenters. The molecule has 1 atom stereocenters. The maximum absolute atomic E-state index is 5.75. The lowest BCUT2D eigenvalue weighted by Crippen LogP contribution is -2.38. The van der Waals surface area contributed by atoms with Crippen LogP contribution in [0.15, 0.2) is 18.5 Å². The zero-order chi connectivity index (χ0) is 9.83. The number of anilines is 1. The molecule has 0 saturated carbocycles. The molecule has 2 aliphatic heterocycles. The fourth-order valence-corrected chi connectivity index (χ4v) is 2.41. The van der Waals surface area contributed by atoms with E-state index in [0.717, 1.165) is 36.7 Å². The molecule has 76 valence electrons. The highest BCUT2D eigenvalue weighted by Crippen LogP contribution is 2.32. The van der Waals surface area contributed by atoms with Crippen molar-refractivity contribution in [2.24, 2.45) is 0 Å². The van der Waals surface area contributed by atoms with Gasteiger partial charge >= 0.3 is 0 Å². The van der Waals surface area contributed by atoms with Crippen molar-refractivity contribution in [2.75, 3.05) is 24.6 Å². The molecule has 0 aliphatic carbocycles. The Bertz CT molecular complexity index is 535. The predicted octanol–water partition coefficient (Wildman–Crippen LogP) is 0.621. The molecule has 2 aliphatic rings. The van der Waals surface area contributed by atoms with E-state index in [1.54, 1.807) is 0 Å². The molecule has 1 fully saturated rings. The fourth-order valence-electron chi connectivity index (χ4n) is 2.41. The number of rotatable bonds is 0. The van der Waals surface area contributed by atoms with Gasteiger partial charge in [-0.05, 0) is 6.07 Å². The van der Waals surface area contributed by atoms with E-state index < -0.39 is 0 Å². The summed E-state index contributed by atoms with van der Waals surface area (Å²) in [6, 6.07) is 1.99. The molecule has 0 radical (unpaired) electrons. The van der Waals surface area contributed by atoms with Crippen molar-refractivity contribution < 1.29 is 4.74 Å². The molecule has 5 nitrogen and oxygen atoms in total. The van der Waals surface area contributed by atoms with Crippen LogP contribution in [-0.4, -0.2) is 34.3 Å². The van der Waals surface area contributed by atoms with Gasteiger partial charge in [-0.25, -0.2) is 9.50 Å². The predicted molar refractivity (Wildman–Crippen MR) is 53.9 cm³/mol. The van der Waals surface area contributed by atoms with Crippen molar-refractivity contribution >= 4 is 11.3 Å². The van der Waals surface area contributed by atoms with E-state index in [-0.39, 0.29) is 6.10 Å². The topological polar surface area (TPSA) is 42.7 Å².